The van der Waals surface area contributed by atoms with E-state index in [0.29, 0.717) is 11.8 Å². The van der Waals surface area contributed by atoms with E-state index in [4.69, 9.17) is 0 Å². The van der Waals surface area contributed by atoms with Crippen molar-refractivity contribution in [2.45, 2.75) is 26.4 Å². The van der Waals surface area contributed by atoms with Crippen LogP contribution in [-0.2, 0) is 11.3 Å². The normalized spacial score (nSPS) is 26.2. The van der Waals surface area contributed by atoms with Crippen LogP contribution in [0.4, 0.5) is 0 Å². The zero-order valence-electron chi connectivity index (χ0n) is 15.0. The molecule has 2 aliphatic heterocycles. The largest absolute Gasteiger partial charge is 0.335 e. The summed E-state index contributed by atoms with van der Waals surface area (Å²) in [7, 11) is 0. The van der Waals surface area contributed by atoms with Gasteiger partial charge in [-0.3, -0.25) is 9.48 Å². The Morgan fingerprint density at radius 3 is 2.60 bits per heavy atom. The lowest BCUT2D eigenvalue weighted by Crippen LogP contribution is -2.35. The summed E-state index contributed by atoms with van der Waals surface area (Å²) in [6, 6.07) is 12.8. The van der Waals surface area contributed by atoms with Crippen LogP contribution in [0.15, 0.2) is 42.6 Å². The van der Waals surface area contributed by atoms with Crippen LogP contribution >= 0.6 is 0 Å². The van der Waals surface area contributed by atoms with Gasteiger partial charge in [0.15, 0.2) is 0 Å². The number of aryl methyl sites for hydroxylation is 1. The molecule has 0 aliphatic carbocycles. The van der Waals surface area contributed by atoms with Gasteiger partial charge in [0.2, 0.25) is 5.91 Å². The molecular formula is C20H26N4O. The van der Waals surface area contributed by atoms with Crippen molar-refractivity contribution in [3.63, 3.8) is 0 Å². The first-order valence-electron chi connectivity index (χ1n) is 9.16. The fourth-order valence-electron chi connectivity index (χ4n) is 4.59. The van der Waals surface area contributed by atoms with Crippen molar-refractivity contribution in [2.75, 3.05) is 26.2 Å². The first-order chi connectivity index (χ1) is 12.1. The van der Waals surface area contributed by atoms with Gasteiger partial charge in [0, 0.05) is 50.9 Å². The Morgan fingerprint density at radius 1 is 1.12 bits per heavy atom. The lowest BCUT2D eigenvalue weighted by atomic mass is 9.89. The minimum Gasteiger partial charge on any atom is -0.335 e. The number of aromatic nitrogens is 2. The maximum absolute atomic E-state index is 12.2. The minimum atomic E-state index is 0.196. The standard InChI is InChI=1S/C20H26N4O/c1-15-8-9-21-24(15)11-10-22-12-18-13-23(16(2)25)20(19(18)14-22)17-6-4-3-5-7-17/h3-9,18-20H,10-14H2,1-2H3/t18-,19-,20+/m1/s1. The summed E-state index contributed by atoms with van der Waals surface area (Å²) in [4.78, 5) is 16.8. The first-order valence-corrected chi connectivity index (χ1v) is 9.16. The highest BCUT2D eigenvalue weighted by molar-refractivity contribution is 5.74. The molecule has 2 fully saturated rings. The van der Waals surface area contributed by atoms with E-state index < -0.39 is 0 Å². The van der Waals surface area contributed by atoms with E-state index in [-0.39, 0.29) is 11.9 Å². The summed E-state index contributed by atoms with van der Waals surface area (Å²) >= 11 is 0. The lowest BCUT2D eigenvalue weighted by molar-refractivity contribution is -0.130. The van der Waals surface area contributed by atoms with E-state index in [1.165, 1.54) is 11.3 Å². The molecule has 2 aromatic rings. The van der Waals surface area contributed by atoms with E-state index >= 15 is 0 Å². The van der Waals surface area contributed by atoms with Gasteiger partial charge in [-0.2, -0.15) is 5.10 Å². The van der Waals surface area contributed by atoms with Crippen LogP contribution in [-0.4, -0.2) is 51.7 Å². The monoisotopic (exact) mass is 338 g/mol. The third-order valence-electron chi connectivity index (χ3n) is 5.84. The maximum atomic E-state index is 12.2. The van der Waals surface area contributed by atoms with Gasteiger partial charge in [0.1, 0.15) is 0 Å². The van der Waals surface area contributed by atoms with Gasteiger partial charge in [0.05, 0.1) is 12.6 Å². The molecule has 0 bridgehead atoms. The number of nitrogens with zero attached hydrogens (tertiary/aromatic N) is 4. The number of hydrogen-bond acceptors (Lipinski definition) is 3. The Labute approximate surface area is 149 Å². The number of carbonyl (C=O) groups is 1. The van der Waals surface area contributed by atoms with Gasteiger partial charge >= 0.3 is 0 Å². The second-order valence-electron chi connectivity index (χ2n) is 7.41. The number of amides is 1. The number of hydrogen-bond donors (Lipinski definition) is 0. The molecule has 1 amide bonds. The van der Waals surface area contributed by atoms with Crippen molar-refractivity contribution < 1.29 is 4.79 Å². The molecule has 0 spiro atoms. The third-order valence-corrected chi connectivity index (χ3v) is 5.84. The molecule has 1 aromatic carbocycles. The molecule has 2 saturated heterocycles. The first kappa shape index (κ1) is 16.3. The number of benzene rings is 1. The smallest absolute Gasteiger partial charge is 0.219 e. The minimum absolute atomic E-state index is 0.196. The molecule has 25 heavy (non-hydrogen) atoms. The highest BCUT2D eigenvalue weighted by atomic mass is 16.2. The van der Waals surface area contributed by atoms with Gasteiger partial charge in [-0.15, -0.1) is 0 Å². The topological polar surface area (TPSA) is 41.4 Å². The van der Waals surface area contributed by atoms with Gasteiger partial charge < -0.3 is 9.80 Å². The molecule has 132 valence electrons. The second kappa shape index (κ2) is 6.64. The van der Waals surface area contributed by atoms with Crippen molar-refractivity contribution in [3.05, 3.63) is 53.9 Å². The molecule has 0 unspecified atom stereocenters. The highest BCUT2D eigenvalue weighted by Gasteiger charge is 2.48. The highest BCUT2D eigenvalue weighted by Crippen LogP contribution is 2.44. The van der Waals surface area contributed by atoms with E-state index in [9.17, 15) is 4.79 Å². The summed E-state index contributed by atoms with van der Waals surface area (Å²) in [6.07, 6.45) is 1.87. The van der Waals surface area contributed by atoms with Crippen molar-refractivity contribution in [1.82, 2.24) is 19.6 Å². The number of rotatable bonds is 4. The molecular weight excluding hydrogens is 312 g/mol. The Morgan fingerprint density at radius 2 is 1.92 bits per heavy atom. The predicted molar refractivity (Wildman–Crippen MR) is 97.0 cm³/mol. The Hall–Kier alpha value is -2.14. The van der Waals surface area contributed by atoms with Crippen LogP contribution in [0.2, 0.25) is 0 Å². The van der Waals surface area contributed by atoms with E-state index in [0.717, 1.165) is 32.7 Å². The van der Waals surface area contributed by atoms with E-state index in [2.05, 4.69) is 56.8 Å². The molecule has 0 radical (unpaired) electrons. The zero-order valence-corrected chi connectivity index (χ0v) is 15.0. The van der Waals surface area contributed by atoms with Gasteiger partial charge in [-0.25, -0.2) is 0 Å². The fraction of sp³-hybridized carbons (Fsp3) is 0.500. The van der Waals surface area contributed by atoms with Crippen LogP contribution in [0.25, 0.3) is 0 Å². The molecule has 0 saturated carbocycles. The number of fused-ring (bicyclic) bond motifs is 1. The van der Waals surface area contributed by atoms with Crippen LogP contribution in [0.1, 0.15) is 24.2 Å². The molecule has 2 aliphatic rings. The molecule has 1 aromatic heterocycles. The van der Waals surface area contributed by atoms with Crippen molar-refractivity contribution in [1.29, 1.82) is 0 Å². The molecule has 3 heterocycles. The second-order valence-corrected chi connectivity index (χ2v) is 7.41. The fourth-order valence-corrected chi connectivity index (χ4v) is 4.59. The summed E-state index contributed by atoms with van der Waals surface area (Å²) in [5.74, 6) is 1.31. The van der Waals surface area contributed by atoms with Crippen molar-refractivity contribution in [3.8, 4) is 0 Å². The summed E-state index contributed by atoms with van der Waals surface area (Å²) in [6.45, 7) is 8.79. The van der Waals surface area contributed by atoms with Crippen LogP contribution in [0.5, 0.6) is 0 Å². The van der Waals surface area contributed by atoms with Gasteiger partial charge in [0.25, 0.3) is 0 Å². The number of carbonyl (C=O) groups excluding carboxylic acids is 1. The summed E-state index contributed by atoms with van der Waals surface area (Å²) in [5.41, 5.74) is 2.49. The summed E-state index contributed by atoms with van der Waals surface area (Å²) in [5, 5.41) is 4.38. The average Bonchev–Trinajstić information content (AvgIpc) is 3.27. The Bertz CT molecular complexity index is 741. The van der Waals surface area contributed by atoms with Gasteiger partial charge in [-0.05, 0) is 24.5 Å². The van der Waals surface area contributed by atoms with E-state index in [1.807, 2.05) is 12.3 Å². The molecule has 0 N–H and O–H groups in total. The third kappa shape index (κ3) is 3.09. The van der Waals surface area contributed by atoms with Crippen LogP contribution in [0.3, 0.4) is 0 Å². The Kier molecular flexibility index (Phi) is 4.34. The van der Waals surface area contributed by atoms with Crippen LogP contribution < -0.4 is 0 Å². The quantitative estimate of drug-likeness (QED) is 0.859. The number of likely N-dealkylation sites (tertiary alicyclic amines) is 2. The maximum Gasteiger partial charge on any atom is 0.219 e. The molecule has 5 heteroatoms. The van der Waals surface area contributed by atoms with Gasteiger partial charge in [-0.1, -0.05) is 30.3 Å². The predicted octanol–water partition coefficient (Wildman–Crippen LogP) is 2.34. The summed E-state index contributed by atoms with van der Waals surface area (Å²) < 4.78 is 2.07. The molecule has 3 atom stereocenters. The van der Waals surface area contributed by atoms with Crippen molar-refractivity contribution in [2.24, 2.45) is 11.8 Å². The van der Waals surface area contributed by atoms with Crippen molar-refractivity contribution >= 4 is 5.91 Å². The molecule has 5 nitrogen and oxygen atoms in total. The average molecular weight is 338 g/mol. The molecule has 4 rings (SSSR count). The zero-order chi connectivity index (χ0) is 17.4. The Balaban J connectivity index is 1.47. The van der Waals surface area contributed by atoms with Crippen LogP contribution in [0, 0.1) is 18.8 Å². The van der Waals surface area contributed by atoms with E-state index in [1.54, 1.807) is 6.92 Å². The lowest BCUT2D eigenvalue weighted by Gasteiger charge is -2.29. The SMILES string of the molecule is CC(=O)N1C[C@H]2CN(CCn3nccc3C)C[C@H]2[C@@H]1c1ccccc1.